The lowest BCUT2D eigenvalue weighted by molar-refractivity contribution is 0.534. The molecule has 0 amide bonds. The normalized spacial score (nSPS) is 12.8. The second-order valence-corrected chi connectivity index (χ2v) is 4.86. The van der Waals surface area contributed by atoms with Gasteiger partial charge in [0.15, 0.2) is 0 Å². The van der Waals surface area contributed by atoms with E-state index in [1.165, 1.54) is 5.75 Å². The molecule has 1 aromatic rings. The molecule has 0 radical (unpaired) electrons. The first-order chi connectivity index (χ1) is 7.17. The number of anilines is 1. The third kappa shape index (κ3) is 3.78. The number of nitrogens with zero attached hydrogens (tertiary/aromatic N) is 2. The summed E-state index contributed by atoms with van der Waals surface area (Å²) < 4.78 is 2.22. The second-order valence-electron chi connectivity index (χ2n) is 3.95. The van der Waals surface area contributed by atoms with Crippen LogP contribution in [0.1, 0.15) is 19.5 Å². The van der Waals surface area contributed by atoms with Gasteiger partial charge >= 0.3 is 0 Å². The van der Waals surface area contributed by atoms with Gasteiger partial charge in [0.2, 0.25) is 5.95 Å². The minimum Gasteiger partial charge on any atom is -0.356 e. The Balaban J connectivity index is 2.65. The fourth-order valence-electron chi connectivity index (χ4n) is 1.66. The highest BCUT2D eigenvalue weighted by Crippen LogP contribution is 2.13. The van der Waals surface area contributed by atoms with Crippen LogP contribution in [0.2, 0.25) is 0 Å². The predicted molar refractivity (Wildman–Crippen MR) is 68.7 cm³/mol. The lowest BCUT2D eigenvalue weighted by Crippen LogP contribution is -2.12. The average Bonchev–Trinajstić information content (AvgIpc) is 2.47. The maximum Gasteiger partial charge on any atom is 0.203 e. The topological polar surface area (TPSA) is 29.9 Å². The number of thioether (sulfide) groups is 1. The number of aromatic nitrogens is 2. The summed E-state index contributed by atoms with van der Waals surface area (Å²) in [6, 6.07) is 0. The molecule has 0 spiro atoms. The maximum atomic E-state index is 4.46. The van der Waals surface area contributed by atoms with Crippen LogP contribution in [-0.2, 0) is 6.54 Å². The molecule has 86 valence electrons. The van der Waals surface area contributed by atoms with Crippen LogP contribution in [0.4, 0.5) is 5.95 Å². The molecule has 0 aliphatic heterocycles. The molecule has 1 rings (SSSR count). The van der Waals surface area contributed by atoms with Crippen LogP contribution in [-0.4, -0.2) is 28.1 Å². The van der Waals surface area contributed by atoms with E-state index in [9.17, 15) is 0 Å². The first-order valence-corrected chi connectivity index (χ1v) is 6.83. The molecule has 0 saturated carbocycles. The third-order valence-electron chi connectivity index (χ3n) is 2.19. The van der Waals surface area contributed by atoms with E-state index in [-0.39, 0.29) is 0 Å². The van der Waals surface area contributed by atoms with Gasteiger partial charge in [-0.1, -0.05) is 6.92 Å². The molecule has 1 heterocycles. The first kappa shape index (κ1) is 12.4. The molecule has 0 aliphatic carbocycles. The zero-order valence-corrected chi connectivity index (χ0v) is 10.9. The van der Waals surface area contributed by atoms with E-state index in [1.807, 2.05) is 18.7 Å². The van der Waals surface area contributed by atoms with Crippen LogP contribution >= 0.6 is 11.8 Å². The Labute approximate surface area is 96.7 Å². The number of imidazole rings is 1. The Morgan fingerprint density at radius 3 is 2.93 bits per heavy atom. The molecule has 1 atom stereocenters. The van der Waals surface area contributed by atoms with Crippen molar-refractivity contribution in [3.8, 4) is 0 Å². The van der Waals surface area contributed by atoms with E-state index in [1.54, 1.807) is 0 Å². The van der Waals surface area contributed by atoms with E-state index in [0.29, 0.717) is 5.92 Å². The van der Waals surface area contributed by atoms with Gasteiger partial charge in [-0.3, -0.25) is 0 Å². The SMILES string of the molecule is CCNc1nc(C)cn1CC(C)CSC. The zero-order valence-electron chi connectivity index (χ0n) is 10.1. The largest absolute Gasteiger partial charge is 0.356 e. The van der Waals surface area contributed by atoms with Crippen LogP contribution in [0.15, 0.2) is 6.20 Å². The molecule has 0 aromatic carbocycles. The average molecular weight is 227 g/mol. The summed E-state index contributed by atoms with van der Waals surface area (Å²) in [5.41, 5.74) is 1.09. The fraction of sp³-hybridized carbons (Fsp3) is 0.727. The number of nitrogens with one attached hydrogen (secondary N) is 1. The molecular weight excluding hydrogens is 206 g/mol. The standard InChI is InChI=1S/C11H21N3S/c1-5-12-11-13-10(3)7-14(11)6-9(2)8-15-4/h7,9H,5-6,8H2,1-4H3,(H,12,13). The molecule has 0 aliphatic rings. The third-order valence-corrected chi connectivity index (χ3v) is 3.09. The van der Waals surface area contributed by atoms with Crippen molar-refractivity contribution in [2.45, 2.75) is 27.3 Å². The molecule has 15 heavy (non-hydrogen) atoms. The van der Waals surface area contributed by atoms with Gasteiger partial charge in [-0.2, -0.15) is 11.8 Å². The van der Waals surface area contributed by atoms with Crippen molar-refractivity contribution in [1.82, 2.24) is 9.55 Å². The van der Waals surface area contributed by atoms with Crippen molar-refractivity contribution in [1.29, 1.82) is 0 Å². The summed E-state index contributed by atoms with van der Waals surface area (Å²) >= 11 is 1.90. The van der Waals surface area contributed by atoms with Gasteiger partial charge in [-0.15, -0.1) is 0 Å². The summed E-state index contributed by atoms with van der Waals surface area (Å²) in [6.45, 7) is 8.38. The van der Waals surface area contributed by atoms with Crippen LogP contribution in [0.25, 0.3) is 0 Å². The van der Waals surface area contributed by atoms with Gasteiger partial charge < -0.3 is 9.88 Å². The highest BCUT2D eigenvalue weighted by Gasteiger charge is 2.08. The van der Waals surface area contributed by atoms with Crippen molar-refractivity contribution in [2.75, 3.05) is 23.9 Å². The molecule has 1 unspecified atom stereocenters. The maximum absolute atomic E-state index is 4.46. The summed E-state index contributed by atoms with van der Waals surface area (Å²) in [5, 5.41) is 3.29. The van der Waals surface area contributed by atoms with Crippen LogP contribution in [0.5, 0.6) is 0 Å². The van der Waals surface area contributed by atoms with Crippen molar-refractivity contribution >= 4 is 17.7 Å². The van der Waals surface area contributed by atoms with Crippen molar-refractivity contribution < 1.29 is 0 Å². The summed E-state index contributed by atoms with van der Waals surface area (Å²) in [6.07, 6.45) is 4.27. The molecule has 4 heteroatoms. The summed E-state index contributed by atoms with van der Waals surface area (Å²) in [4.78, 5) is 4.46. The van der Waals surface area contributed by atoms with Gasteiger partial charge in [-0.05, 0) is 31.8 Å². The Morgan fingerprint density at radius 1 is 1.60 bits per heavy atom. The zero-order chi connectivity index (χ0) is 11.3. The Morgan fingerprint density at radius 2 is 2.33 bits per heavy atom. The first-order valence-electron chi connectivity index (χ1n) is 5.44. The molecular formula is C11H21N3S. The Bertz CT molecular complexity index is 296. The minimum absolute atomic E-state index is 0.686. The molecule has 0 fully saturated rings. The van der Waals surface area contributed by atoms with E-state index in [2.05, 4.69) is 41.2 Å². The van der Waals surface area contributed by atoms with Gasteiger partial charge in [0.25, 0.3) is 0 Å². The monoisotopic (exact) mass is 227 g/mol. The summed E-state index contributed by atoms with van der Waals surface area (Å²) in [5.74, 6) is 2.89. The van der Waals surface area contributed by atoms with E-state index in [4.69, 9.17) is 0 Å². The van der Waals surface area contributed by atoms with Crippen LogP contribution in [0.3, 0.4) is 0 Å². The van der Waals surface area contributed by atoms with E-state index in [0.717, 1.165) is 24.7 Å². The molecule has 0 bridgehead atoms. The van der Waals surface area contributed by atoms with Crippen molar-refractivity contribution in [3.63, 3.8) is 0 Å². The number of hydrogen-bond acceptors (Lipinski definition) is 3. The van der Waals surface area contributed by atoms with Gasteiger partial charge in [0.1, 0.15) is 0 Å². The summed E-state index contributed by atoms with van der Waals surface area (Å²) in [7, 11) is 0. The minimum atomic E-state index is 0.686. The Kier molecular flexibility index (Phi) is 5.02. The van der Waals surface area contributed by atoms with Crippen molar-refractivity contribution in [2.24, 2.45) is 5.92 Å². The van der Waals surface area contributed by atoms with Crippen molar-refractivity contribution in [3.05, 3.63) is 11.9 Å². The quantitative estimate of drug-likeness (QED) is 0.810. The number of rotatable bonds is 6. The number of aryl methyl sites for hydroxylation is 1. The van der Waals surface area contributed by atoms with Crippen LogP contribution < -0.4 is 5.32 Å². The lowest BCUT2D eigenvalue weighted by Gasteiger charge is -2.13. The second kappa shape index (κ2) is 6.05. The molecule has 0 saturated heterocycles. The van der Waals surface area contributed by atoms with Crippen LogP contribution in [0, 0.1) is 12.8 Å². The van der Waals surface area contributed by atoms with Gasteiger partial charge in [0.05, 0.1) is 5.69 Å². The highest BCUT2D eigenvalue weighted by atomic mass is 32.2. The number of hydrogen-bond donors (Lipinski definition) is 1. The van der Waals surface area contributed by atoms with E-state index < -0.39 is 0 Å². The smallest absolute Gasteiger partial charge is 0.203 e. The predicted octanol–water partition coefficient (Wildman–Crippen LogP) is 2.62. The van der Waals surface area contributed by atoms with Gasteiger partial charge in [0, 0.05) is 19.3 Å². The highest BCUT2D eigenvalue weighted by molar-refractivity contribution is 7.98. The van der Waals surface area contributed by atoms with Gasteiger partial charge in [-0.25, -0.2) is 4.98 Å². The Hall–Kier alpha value is -0.640. The van der Waals surface area contributed by atoms with E-state index >= 15 is 0 Å². The molecule has 1 N–H and O–H groups in total. The molecule has 3 nitrogen and oxygen atoms in total. The fourth-order valence-corrected chi connectivity index (χ4v) is 2.33. The molecule has 1 aromatic heterocycles. The lowest BCUT2D eigenvalue weighted by atomic mass is 10.2.